The highest BCUT2D eigenvalue weighted by Crippen LogP contribution is 2.03. The molecule has 1 aromatic carbocycles. The second-order valence-electron chi connectivity index (χ2n) is 3.53. The van der Waals surface area contributed by atoms with Gasteiger partial charge in [-0.15, -0.1) is 0 Å². The van der Waals surface area contributed by atoms with Gasteiger partial charge in [0.15, 0.2) is 0 Å². The largest absolute Gasteiger partial charge is 0.347 e. The van der Waals surface area contributed by atoms with E-state index in [4.69, 9.17) is 0 Å². The summed E-state index contributed by atoms with van der Waals surface area (Å²) in [6, 6.07) is 11.2. The highest BCUT2D eigenvalue weighted by molar-refractivity contribution is 5.92. The Morgan fingerprint density at radius 3 is 2.82 bits per heavy atom. The summed E-state index contributed by atoms with van der Waals surface area (Å²) < 4.78 is 12.9. The van der Waals surface area contributed by atoms with Gasteiger partial charge in [-0.25, -0.2) is 4.39 Å². The smallest absolute Gasteiger partial charge is 0.270 e. The maximum absolute atomic E-state index is 12.9. The molecule has 0 atom stereocenters. The van der Waals surface area contributed by atoms with Gasteiger partial charge in [0, 0.05) is 12.7 Å². The molecule has 0 radical (unpaired) electrons. The van der Waals surface area contributed by atoms with E-state index in [2.05, 4.69) is 10.3 Å². The minimum atomic E-state index is -0.311. The first-order valence-electron chi connectivity index (χ1n) is 5.19. The standard InChI is InChI=1S/C13H11FN2O/c14-11-5-3-4-10(8-11)9-16-13(17)12-6-1-2-7-15-12/h1-8H,9H2,(H,16,17). The van der Waals surface area contributed by atoms with Crippen molar-refractivity contribution in [1.82, 2.24) is 10.3 Å². The number of carbonyl (C=O) groups is 1. The van der Waals surface area contributed by atoms with Crippen LogP contribution in [0.15, 0.2) is 48.7 Å². The van der Waals surface area contributed by atoms with Crippen LogP contribution in [0, 0.1) is 5.82 Å². The van der Waals surface area contributed by atoms with Crippen LogP contribution in [-0.2, 0) is 6.54 Å². The molecule has 3 nitrogen and oxygen atoms in total. The number of aromatic nitrogens is 1. The fourth-order valence-electron chi connectivity index (χ4n) is 1.42. The van der Waals surface area contributed by atoms with Gasteiger partial charge < -0.3 is 5.32 Å². The molecule has 1 amide bonds. The van der Waals surface area contributed by atoms with Crippen LogP contribution in [0.25, 0.3) is 0 Å². The topological polar surface area (TPSA) is 42.0 Å². The Labute approximate surface area is 98.3 Å². The van der Waals surface area contributed by atoms with Gasteiger partial charge in [0.2, 0.25) is 0 Å². The summed E-state index contributed by atoms with van der Waals surface area (Å²) in [6.45, 7) is 0.285. The first kappa shape index (κ1) is 11.3. The molecule has 0 bridgehead atoms. The number of rotatable bonds is 3. The molecule has 0 saturated carbocycles. The van der Waals surface area contributed by atoms with E-state index in [1.54, 1.807) is 36.5 Å². The zero-order chi connectivity index (χ0) is 12.1. The Morgan fingerprint density at radius 1 is 1.24 bits per heavy atom. The fraction of sp³-hybridized carbons (Fsp3) is 0.0769. The number of hydrogen-bond acceptors (Lipinski definition) is 2. The molecule has 1 N–H and O–H groups in total. The highest BCUT2D eigenvalue weighted by atomic mass is 19.1. The predicted molar refractivity (Wildman–Crippen MR) is 61.8 cm³/mol. The number of hydrogen-bond donors (Lipinski definition) is 1. The molecule has 0 fully saturated rings. The third-order valence-electron chi connectivity index (χ3n) is 2.24. The molecule has 0 spiro atoms. The lowest BCUT2D eigenvalue weighted by Crippen LogP contribution is -2.23. The monoisotopic (exact) mass is 230 g/mol. The Hall–Kier alpha value is -2.23. The lowest BCUT2D eigenvalue weighted by atomic mass is 10.2. The summed E-state index contributed by atoms with van der Waals surface area (Å²) in [5, 5.41) is 2.67. The van der Waals surface area contributed by atoms with E-state index >= 15 is 0 Å². The van der Waals surface area contributed by atoms with Crippen LogP contribution >= 0.6 is 0 Å². The van der Waals surface area contributed by atoms with Crippen molar-refractivity contribution in [2.45, 2.75) is 6.54 Å². The van der Waals surface area contributed by atoms with Crippen molar-refractivity contribution >= 4 is 5.91 Å². The zero-order valence-corrected chi connectivity index (χ0v) is 9.06. The van der Waals surface area contributed by atoms with Gasteiger partial charge in [-0.2, -0.15) is 0 Å². The number of amides is 1. The SMILES string of the molecule is O=C(NCc1cccc(F)c1)c1ccccn1. The van der Waals surface area contributed by atoms with Gasteiger partial charge in [-0.3, -0.25) is 9.78 Å². The fourth-order valence-corrected chi connectivity index (χ4v) is 1.42. The normalized spacial score (nSPS) is 9.94. The average molecular weight is 230 g/mol. The number of carbonyl (C=O) groups excluding carboxylic acids is 1. The molecule has 1 aromatic heterocycles. The van der Waals surface area contributed by atoms with E-state index in [1.165, 1.54) is 12.1 Å². The molecule has 1 heterocycles. The maximum atomic E-state index is 12.9. The Kier molecular flexibility index (Phi) is 3.45. The van der Waals surface area contributed by atoms with Crippen LogP contribution in [0.2, 0.25) is 0 Å². The summed E-state index contributed by atoms with van der Waals surface area (Å²) in [7, 11) is 0. The van der Waals surface area contributed by atoms with Gasteiger partial charge in [-0.1, -0.05) is 18.2 Å². The van der Waals surface area contributed by atoms with Crippen molar-refractivity contribution in [3.63, 3.8) is 0 Å². The zero-order valence-electron chi connectivity index (χ0n) is 9.06. The molecule has 0 aliphatic heterocycles. The molecule has 0 unspecified atom stereocenters. The summed E-state index contributed by atoms with van der Waals surface area (Å²) in [5.41, 5.74) is 1.07. The number of benzene rings is 1. The Balaban J connectivity index is 1.97. The highest BCUT2D eigenvalue weighted by Gasteiger charge is 2.05. The van der Waals surface area contributed by atoms with Gasteiger partial charge >= 0.3 is 0 Å². The summed E-state index contributed by atoms with van der Waals surface area (Å²) in [6.07, 6.45) is 1.55. The minimum absolute atomic E-state index is 0.269. The van der Waals surface area contributed by atoms with Crippen LogP contribution in [0.3, 0.4) is 0 Å². The second kappa shape index (κ2) is 5.21. The van der Waals surface area contributed by atoms with Crippen molar-refractivity contribution in [3.05, 3.63) is 65.7 Å². The van der Waals surface area contributed by atoms with Crippen LogP contribution in [-0.4, -0.2) is 10.9 Å². The van der Waals surface area contributed by atoms with Crippen molar-refractivity contribution in [3.8, 4) is 0 Å². The van der Waals surface area contributed by atoms with Gasteiger partial charge in [-0.05, 0) is 29.8 Å². The molecule has 0 aliphatic carbocycles. The number of nitrogens with zero attached hydrogens (tertiary/aromatic N) is 1. The van der Waals surface area contributed by atoms with E-state index in [0.717, 1.165) is 0 Å². The minimum Gasteiger partial charge on any atom is -0.347 e. The summed E-state index contributed by atoms with van der Waals surface area (Å²) in [4.78, 5) is 15.6. The predicted octanol–water partition coefficient (Wildman–Crippen LogP) is 2.15. The lowest BCUT2D eigenvalue weighted by Gasteiger charge is -2.04. The van der Waals surface area contributed by atoms with Gasteiger partial charge in [0.1, 0.15) is 11.5 Å². The van der Waals surface area contributed by atoms with Gasteiger partial charge in [0.05, 0.1) is 0 Å². The maximum Gasteiger partial charge on any atom is 0.270 e. The van der Waals surface area contributed by atoms with Crippen LogP contribution in [0.4, 0.5) is 4.39 Å². The first-order chi connectivity index (χ1) is 8.25. The van der Waals surface area contributed by atoms with Crippen LogP contribution < -0.4 is 5.32 Å². The average Bonchev–Trinajstić information content (AvgIpc) is 2.37. The van der Waals surface area contributed by atoms with Crippen molar-refractivity contribution in [1.29, 1.82) is 0 Å². The molecule has 0 saturated heterocycles. The molecular formula is C13H11FN2O. The summed E-state index contributed by atoms with van der Waals surface area (Å²) >= 11 is 0. The molecule has 2 rings (SSSR count). The second-order valence-corrected chi connectivity index (χ2v) is 3.53. The van der Waals surface area contributed by atoms with Crippen molar-refractivity contribution < 1.29 is 9.18 Å². The molecular weight excluding hydrogens is 219 g/mol. The van der Waals surface area contributed by atoms with Crippen LogP contribution in [0.1, 0.15) is 16.1 Å². The molecule has 17 heavy (non-hydrogen) atoms. The summed E-state index contributed by atoms with van der Waals surface area (Å²) in [5.74, 6) is -0.579. The number of nitrogens with one attached hydrogen (secondary N) is 1. The van der Waals surface area contributed by atoms with Gasteiger partial charge in [0.25, 0.3) is 5.91 Å². The van der Waals surface area contributed by atoms with Crippen molar-refractivity contribution in [2.24, 2.45) is 0 Å². The van der Waals surface area contributed by atoms with Crippen LogP contribution in [0.5, 0.6) is 0 Å². The van der Waals surface area contributed by atoms with Crippen molar-refractivity contribution in [2.75, 3.05) is 0 Å². The molecule has 0 aliphatic rings. The van der Waals surface area contributed by atoms with E-state index in [0.29, 0.717) is 11.3 Å². The van der Waals surface area contributed by atoms with E-state index in [-0.39, 0.29) is 18.3 Å². The molecule has 4 heteroatoms. The first-order valence-corrected chi connectivity index (χ1v) is 5.19. The Bertz CT molecular complexity index is 514. The number of pyridine rings is 1. The number of halogens is 1. The third-order valence-corrected chi connectivity index (χ3v) is 2.24. The Morgan fingerprint density at radius 2 is 2.12 bits per heavy atom. The molecule has 86 valence electrons. The van der Waals surface area contributed by atoms with E-state index < -0.39 is 0 Å². The van der Waals surface area contributed by atoms with E-state index in [1.807, 2.05) is 0 Å². The quantitative estimate of drug-likeness (QED) is 0.877. The third kappa shape index (κ3) is 3.11. The molecule has 2 aromatic rings. The lowest BCUT2D eigenvalue weighted by molar-refractivity contribution is 0.0946. The van der Waals surface area contributed by atoms with E-state index in [9.17, 15) is 9.18 Å².